The van der Waals surface area contributed by atoms with Crippen LogP contribution in [0, 0.1) is 13.8 Å². The van der Waals surface area contributed by atoms with E-state index in [2.05, 4.69) is 10.5 Å². The molecule has 1 atom stereocenters. The second kappa shape index (κ2) is 8.70. The molecule has 150 valence electrons. The zero-order valence-electron chi connectivity index (χ0n) is 16.6. The van der Waals surface area contributed by atoms with Gasteiger partial charge in [-0.3, -0.25) is 9.59 Å². The summed E-state index contributed by atoms with van der Waals surface area (Å²) in [5.74, 6) is 0.874. The summed E-state index contributed by atoms with van der Waals surface area (Å²) >= 11 is 0. The molecule has 0 bridgehead atoms. The van der Waals surface area contributed by atoms with Crippen LogP contribution in [0.2, 0.25) is 0 Å². The van der Waals surface area contributed by atoms with E-state index in [4.69, 9.17) is 15.0 Å². The third kappa shape index (κ3) is 4.70. The van der Waals surface area contributed by atoms with Crippen LogP contribution in [0.15, 0.2) is 53.1 Å². The first-order chi connectivity index (χ1) is 13.9. The topological polar surface area (TPSA) is 107 Å². The summed E-state index contributed by atoms with van der Waals surface area (Å²) in [5.41, 5.74) is 9.19. The number of carbonyl (C=O) groups is 2. The smallest absolute Gasteiger partial charge is 0.255 e. The normalized spacial score (nSPS) is 11.7. The van der Waals surface area contributed by atoms with Crippen molar-refractivity contribution in [2.75, 3.05) is 5.32 Å². The predicted molar refractivity (Wildman–Crippen MR) is 109 cm³/mol. The molecule has 29 heavy (non-hydrogen) atoms. The molecule has 1 heterocycles. The van der Waals surface area contributed by atoms with Crippen molar-refractivity contribution in [1.82, 2.24) is 5.16 Å². The zero-order chi connectivity index (χ0) is 21.0. The number of ketones is 1. The monoisotopic (exact) mass is 393 g/mol. The van der Waals surface area contributed by atoms with Gasteiger partial charge in [-0.1, -0.05) is 23.4 Å². The second-order valence-corrected chi connectivity index (χ2v) is 6.75. The largest absolute Gasteiger partial charge is 0.489 e. The molecule has 0 fully saturated rings. The zero-order valence-corrected chi connectivity index (χ0v) is 16.6. The molecule has 0 aliphatic heterocycles. The first kappa shape index (κ1) is 20.3. The average molecular weight is 393 g/mol. The maximum atomic E-state index is 12.6. The summed E-state index contributed by atoms with van der Waals surface area (Å²) in [6.07, 6.45) is 0. The maximum Gasteiger partial charge on any atom is 0.255 e. The second-order valence-electron chi connectivity index (χ2n) is 6.75. The Kier molecular flexibility index (Phi) is 6.09. The lowest BCUT2D eigenvalue weighted by Crippen LogP contribution is -2.21. The average Bonchev–Trinajstić information content (AvgIpc) is 3.04. The summed E-state index contributed by atoms with van der Waals surface area (Å²) in [7, 11) is 0. The van der Waals surface area contributed by atoms with Gasteiger partial charge in [0.25, 0.3) is 5.91 Å². The molecule has 1 aromatic heterocycles. The Balaban J connectivity index is 1.68. The van der Waals surface area contributed by atoms with Gasteiger partial charge in [0.15, 0.2) is 5.78 Å². The Morgan fingerprint density at radius 3 is 2.45 bits per heavy atom. The number of nitrogens with one attached hydrogen (secondary N) is 1. The molecule has 0 aliphatic rings. The molecule has 0 saturated carbocycles. The van der Waals surface area contributed by atoms with Crippen molar-refractivity contribution in [2.24, 2.45) is 5.73 Å². The molecule has 0 radical (unpaired) electrons. The first-order valence-corrected chi connectivity index (χ1v) is 9.17. The number of Topliss-reactive ketones (excluding diaryl/α,β-unsaturated/α-hetero) is 1. The van der Waals surface area contributed by atoms with Crippen molar-refractivity contribution in [1.29, 1.82) is 0 Å². The van der Waals surface area contributed by atoms with Gasteiger partial charge in [-0.2, -0.15) is 0 Å². The van der Waals surface area contributed by atoms with E-state index in [1.165, 1.54) is 6.92 Å². The summed E-state index contributed by atoms with van der Waals surface area (Å²) < 4.78 is 10.9. The third-order valence-electron chi connectivity index (χ3n) is 4.66. The van der Waals surface area contributed by atoms with Crippen LogP contribution in [-0.2, 0) is 11.4 Å². The molecule has 0 spiro atoms. The van der Waals surface area contributed by atoms with Gasteiger partial charge in [0.1, 0.15) is 18.1 Å². The molecule has 1 amide bonds. The number of hydrogen-bond acceptors (Lipinski definition) is 6. The number of para-hydroxylation sites is 1. The summed E-state index contributed by atoms with van der Waals surface area (Å²) in [6.45, 7) is 5.45. The Labute approximate surface area is 168 Å². The van der Waals surface area contributed by atoms with E-state index in [1.807, 2.05) is 13.8 Å². The summed E-state index contributed by atoms with van der Waals surface area (Å²) in [5, 5.41) is 6.72. The van der Waals surface area contributed by atoms with E-state index < -0.39 is 6.04 Å². The summed E-state index contributed by atoms with van der Waals surface area (Å²) in [4.78, 5) is 24.2. The van der Waals surface area contributed by atoms with Crippen LogP contribution >= 0.6 is 0 Å². The van der Waals surface area contributed by atoms with Crippen molar-refractivity contribution in [2.45, 2.75) is 33.4 Å². The Morgan fingerprint density at radius 2 is 1.83 bits per heavy atom. The van der Waals surface area contributed by atoms with Crippen LogP contribution in [0.5, 0.6) is 5.75 Å². The van der Waals surface area contributed by atoms with E-state index in [1.54, 1.807) is 48.5 Å². The first-order valence-electron chi connectivity index (χ1n) is 9.17. The molecule has 7 nitrogen and oxygen atoms in total. The summed E-state index contributed by atoms with van der Waals surface area (Å²) in [6, 6.07) is 13.0. The quantitative estimate of drug-likeness (QED) is 0.634. The number of aryl methyl sites for hydroxylation is 2. The number of nitrogens with two attached hydrogens (primary N) is 1. The number of amides is 1. The van der Waals surface area contributed by atoms with E-state index in [-0.39, 0.29) is 11.7 Å². The number of nitrogens with zero attached hydrogens (tertiary/aromatic N) is 1. The Bertz CT molecular complexity index is 1010. The maximum absolute atomic E-state index is 12.6. The SMILES string of the molecule is CC(=O)C(N)c1ccccc1NC(=O)c1ccc(OCc2c(C)noc2C)cc1. The van der Waals surface area contributed by atoms with Crippen molar-refractivity contribution in [3.63, 3.8) is 0 Å². The minimum atomic E-state index is -0.786. The molecule has 0 saturated heterocycles. The number of rotatable bonds is 7. The van der Waals surface area contributed by atoms with Gasteiger partial charge in [-0.15, -0.1) is 0 Å². The molecule has 1 unspecified atom stereocenters. The van der Waals surface area contributed by atoms with Crippen LogP contribution in [0.4, 0.5) is 5.69 Å². The molecule has 3 rings (SSSR count). The van der Waals surface area contributed by atoms with Gasteiger partial charge in [0.05, 0.1) is 17.3 Å². The molecule has 3 aromatic rings. The molecule has 7 heteroatoms. The van der Waals surface area contributed by atoms with Crippen LogP contribution < -0.4 is 15.8 Å². The number of ether oxygens (including phenoxy) is 1. The van der Waals surface area contributed by atoms with Crippen LogP contribution in [0.1, 0.15) is 45.9 Å². The van der Waals surface area contributed by atoms with Crippen molar-refractivity contribution >= 4 is 17.4 Å². The number of aromatic nitrogens is 1. The van der Waals surface area contributed by atoms with Crippen LogP contribution in [0.3, 0.4) is 0 Å². The third-order valence-corrected chi connectivity index (χ3v) is 4.66. The lowest BCUT2D eigenvalue weighted by molar-refractivity contribution is -0.118. The van der Waals surface area contributed by atoms with Crippen LogP contribution in [0.25, 0.3) is 0 Å². The highest BCUT2D eigenvalue weighted by molar-refractivity contribution is 6.05. The molecular weight excluding hydrogens is 370 g/mol. The minimum Gasteiger partial charge on any atom is -0.489 e. The minimum absolute atomic E-state index is 0.175. The molecule has 3 N–H and O–H groups in total. The van der Waals surface area contributed by atoms with E-state index in [9.17, 15) is 9.59 Å². The van der Waals surface area contributed by atoms with Crippen LogP contribution in [-0.4, -0.2) is 16.8 Å². The van der Waals surface area contributed by atoms with Gasteiger partial charge in [-0.05, 0) is 56.7 Å². The number of carbonyl (C=O) groups excluding carboxylic acids is 2. The lowest BCUT2D eigenvalue weighted by atomic mass is 10.0. The number of hydrogen-bond donors (Lipinski definition) is 2. The van der Waals surface area contributed by atoms with Gasteiger partial charge in [0, 0.05) is 11.3 Å². The lowest BCUT2D eigenvalue weighted by Gasteiger charge is -2.15. The molecule has 2 aromatic carbocycles. The highest BCUT2D eigenvalue weighted by Gasteiger charge is 2.17. The number of benzene rings is 2. The van der Waals surface area contributed by atoms with Crippen molar-refractivity contribution in [3.05, 3.63) is 76.7 Å². The van der Waals surface area contributed by atoms with Crippen molar-refractivity contribution < 1.29 is 18.8 Å². The van der Waals surface area contributed by atoms with Gasteiger partial charge in [-0.25, -0.2) is 0 Å². The van der Waals surface area contributed by atoms with Gasteiger partial charge < -0.3 is 20.3 Å². The molecule has 0 aliphatic carbocycles. The standard InChI is InChI=1S/C22H23N3O4/c1-13-19(15(3)29-25-13)12-28-17-10-8-16(9-11-17)22(27)24-20-7-5-4-6-18(20)21(23)14(2)26/h4-11,21H,12,23H2,1-3H3,(H,24,27). The van der Waals surface area contributed by atoms with Crippen molar-refractivity contribution in [3.8, 4) is 5.75 Å². The van der Waals surface area contributed by atoms with E-state index in [0.717, 1.165) is 17.0 Å². The van der Waals surface area contributed by atoms with Gasteiger partial charge in [0.2, 0.25) is 0 Å². The molecular formula is C22H23N3O4. The Morgan fingerprint density at radius 1 is 1.14 bits per heavy atom. The highest BCUT2D eigenvalue weighted by atomic mass is 16.5. The van der Waals surface area contributed by atoms with E-state index in [0.29, 0.717) is 29.2 Å². The highest BCUT2D eigenvalue weighted by Crippen LogP contribution is 2.23. The fraction of sp³-hybridized carbons (Fsp3) is 0.227. The van der Waals surface area contributed by atoms with E-state index >= 15 is 0 Å². The fourth-order valence-electron chi connectivity index (χ4n) is 2.86. The van der Waals surface area contributed by atoms with Gasteiger partial charge >= 0.3 is 0 Å². The Hall–Kier alpha value is -3.45. The fourth-order valence-corrected chi connectivity index (χ4v) is 2.86. The predicted octanol–water partition coefficient (Wildman–Crippen LogP) is 3.71. The number of anilines is 1.